The summed E-state index contributed by atoms with van der Waals surface area (Å²) in [7, 11) is 0. The van der Waals surface area contributed by atoms with Crippen molar-refractivity contribution in [2.75, 3.05) is 0 Å². The van der Waals surface area contributed by atoms with Crippen LogP contribution in [0.3, 0.4) is 0 Å². The van der Waals surface area contributed by atoms with Gasteiger partial charge in [-0.15, -0.1) is 0 Å². The standard InChI is InChI=1S/C7H13NO.H2/c1-5-3-4-7(8-5)6(2)9;/h5,7-8H,3-4H2,1-2H3;1H/t5-,7-;/m0./s1. The van der Waals surface area contributed by atoms with E-state index in [-0.39, 0.29) is 13.3 Å². The lowest BCUT2D eigenvalue weighted by Crippen LogP contribution is -2.32. The first-order valence-electron chi connectivity index (χ1n) is 3.46. The third-order valence-electron chi connectivity index (χ3n) is 1.86. The summed E-state index contributed by atoms with van der Waals surface area (Å²) in [5.74, 6) is 0.277. The average molecular weight is 129 g/mol. The van der Waals surface area contributed by atoms with Crippen molar-refractivity contribution in [1.29, 1.82) is 0 Å². The van der Waals surface area contributed by atoms with Gasteiger partial charge in [0.15, 0.2) is 0 Å². The molecule has 1 heterocycles. The Kier molecular flexibility index (Phi) is 1.86. The van der Waals surface area contributed by atoms with E-state index < -0.39 is 0 Å². The molecule has 54 valence electrons. The molecular formula is C7H15NO. The molecule has 1 N–H and O–H groups in total. The molecule has 0 radical (unpaired) electrons. The first-order valence-corrected chi connectivity index (χ1v) is 3.46. The molecule has 1 rings (SSSR count). The van der Waals surface area contributed by atoms with Gasteiger partial charge in [-0.2, -0.15) is 0 Å². The average Bonchev–Trinajstić information content (AvgIpc) is 2.14. The number of Topliss-reactive ketones (excluding diaryl/α,β-unsaturated/α-hetero) is 1. The molecule has 1 fully saturated rings. The number of carbonyl (C=O) groups excluding carboxylic acids is 1. The molecular weight excluding hydrogens is 114 g/mol. The SMILES string of the molecule is CC(=O)[C@@H]1CC[C@H](C)N1.[HH]. The highest BCUT2D eigenvalue weighted by atomic mass is 16.1. The summed E-state index contributed by atoms with van der Waals surface area (Å²) in [6, 6.07) is 0.693. The normalized spacial score (nSPS) is 34.9. The predicted molar refractivity (Wildman–Crippen MR) is 38.4 cm³/mol. The minimum atomic E-state index is 0. The molecule has 9 heavy (non-hydrogen) atoms. The summed E-state index contributed by atoms with van der Waals surface area (Å²) in [6.07, 6.45) is 2.17. The lowest BCUT2D eigenvalue weighted by Gasteiger charge is -2.05. The molecule has 2 atom stereocenters. The van der Waals surface area contributed by atoms with Crippen LogP contribution in [0.25, 0.3) is 0 Å². The van der Waals surface area contributed by atoms with Gasteiger partial charge < -0.3 is 5.32 Å². The van der Waals surface area contributed by atoms with Gasteiger partial charge in [-0.3, -0.25) is 4.79 Å². The fourth-order valence-corrected chi connectivity index (χ4v) is 1.25. The van der Waals surface area contributed by atoms with Gasteiger partial charge in [-0.1, -0.05) is 0 Å². The minimum Gasteiger partial charge on any atom is -0.305 e. The second kappa shape index (κ2) is 2.48. The van der Waals surface area contributed by atoms with Crippen LogP contribution in [0.15, 0.2) is 0 Å². The van der Waals surface area contributed by atoms with E-state index in [4.69, 9.17) is 0 Å². The Balaban J connectivity index is 0.000000810. The Morgan fingerprint density at radius 3 is 2.56 bits per heavy atom. The highest BCUT2D eigenvalue weighted by Crippen LogP contribution is 2.11. The number of carbonyl (C=O) groups is 1. The van der Waals surface area contributed by atoms with Gasteiger partial charge in [0.25, 0.3) is 0 Å². The fourth-order valence-electron chi connectivity index (χ4n) is 1.25. The largest absolute Gasteiger partial charge is 0.305 e. The molecule has 0 amide bonds. The van der Waals surface area contributed by atoms with Crippen LogP contribution in [0, 0.1) is 0 Å². The van der Waals surface area contributed by atoms with Crippen LogP contribution < -0.4 is 5.32 Å². The molecule has 2 heteroatoms. The van der Waals surface area contributed by atoms with Crippen molar-refractivity contribution in [3.05, 3.63) is 0 Å². The summed E-state index contributed by atoms with van der Waals surface area (Å²) in [4.78, 5) is 10.7. The van der Waals surface area contributed by atoms with E-state index in [0.717, 1.165) is 12.8 Å². The molecule has 1 aliphatic rings. The van der Waals surface area contributed by atoms with E-state index in [1.54, 1.807) is 6.92 Å². The summed E-state index contributed by atoms with van der Waals surface area (Å²) in [5.41, 5.74) is 0. The Hall–Kier alpha value is -0.370. The van der Waals surface area contributed by atoms with Crippen LogP contribution in [0.4, 0.5) is 0 Å². The van der Waals surface area contributed by atoms with Gasteiger partial charge in [0.2, 0.25) is 0 Å². The molecule has 0 aromatic carbocycles. The Morgan fingerprint density at radius 1 is 1.67 bits per heavy atom. The van der Waals surface area contributed by atoms with Crippen LogP contribution >= 0.6 is 0 Å². The van der Waals surface area contributed by atoms with E-state index in [1.165, 1.54) is 0 Å². The Labute approximate surface area is 57.1 Å². The van der Waals surface area contributed by atoms with Crippen molar-refractivity contribution in [2.24, 2.45) is 0 Å². The topological polar surface area (TPSA) is 29.1 Å². The Bertz CT molecular complexity index is 127. The van der Waals surface area contributed by atoms with Crippen LogP contribution in [-0.4, -0.2) is 17.9 Å². The van der Waals surface area contributed by atoms with Gasteiger partial charge >= 0.3 is 0 Å². The smallest absolute Gasteiger partial charge is 0.146 e. The third-order valence-corrected chi connectivity index (χ3v) is 1.86. The zero-order valence-corrected chi connectivity index (χ0v) is 5.98. The van der Waals surface area contributed by atoms with Gasteiger partial charge in [0, 0.05) is 7.47 Å². The minimum absolute atomic E-state index is 0. The van der Waals surface area contributed by atoms with Gasteiger partial charge in [0.1, 0.15) is 5.78 Å². The lowest BCUT2D eigenvalue weighted by molar-refractivity contribution is -0.118. The van der Waals surface area contributed by atoms with Gasteiger partial charge in [-0.05, 0) is 26.7 Å². The number of hydrogen-bond acceptors (Lipinski definition) is 2. The van der Waals surface area contributed by atoms with Crippen LogP contribution in [0.5, 0.6) is 0 Å². The number of ketones is 1. The summed E-state index contributed by atoms with van der Waals surface area (Å²) in [6.45, 7) is 3.76. The van der Waals surface area contributed by atoms with Gasteiger partial charge in [-0.25, -0.2) is 0 Å². The molecule has 1 aliphatic heterocycles. The predicted octanol–water partition coefficient (Wildman–Crippen LogP) is 0.962. The highest BCUT2D eigenvalue weighted by Gasteiger charge is 2.22. The Morgan fingerprint density at radius 2 is 2.33 bits per heavy atom. The molecule has 0 aromatic heterocycles. The quantitative estimate of drug-likeness (QED) is 0.571. The lowest BCUT2D eigenvalue weighted by atomic mass is 10.1. The van der Waals surface area contributed by atoms with Crippen molar-refractivity contribution in [1.82, 2.24) is 5.32 Å². The second-order valence-corrected chi connectivity index (χ2v) is 2.81. The molecule has 0 unspecified atom stereocenters. The second-order valence-electron chi connectivity index (χ2n) is 2.81. The highest BCUT2D eigenvalue weighted by molar-refractivity contribution is 5.81. The number of hydrogen-bond donors (Lipinski definition) is 1. The molecule has 1 saturated heterocycles. The molecule has 0 aliphatic carbocycles. The summed E-state index contributed by atoms with van der Waals surface area (Å²) >= 11 is 0. The monoisotopic (exact) mass is 129 g/mol. The zero-order chi connectivity index (χ0) is 6.85. The maximum atomic E-state index is 10.7. The summed E-state index contributed by atoms with van der Waals surface area (Å²) in [5, 5.41) is 3.20. The van der Waals surface area contributed by atoms with Crippen molar-refractivity contribution in [2.45, 2.75) is 38.8 Å². The summed E-state index contributed by atoms with van der Waals surface area (Å²) < 4.78 is 0. The molecule has 2 nitrogen and oxygen atoms in total. The van der Waals surface area contributed by atoms with Crippen LogP contribution in [0.2, 0.25) is 0 Å². The van der Waals surface area contributed by atoms with Crippen molar-refractivity contribution >= 4 is 5.78 Å². The van der Waals surface area contributed by atoms with Crippen molar-refractivity contribution in [3.8, 4) is 0 Å². The van der Waals surface area contributed by atoms with E-state index in [1.807, 2.05) is 0 Å². The molecule has 0 spiro atoms. The van der Waals surface area contributed by atoms with E-state index >= 15 is 0 Å². The molecule has 0 bridgehead atoms. The fraction of sp³-hybridized carbons (Fsp3) is 0.857. The maximum absolute atomic E-state index is 10.7. The van der Waals surface area contributed by atoms with Crippen LogP contribution in [-0.2, 0) is 4.79 Å². The third kappa shape index (κ3) is 1.52. The van der Waals surface area contributed by atoms with E-state index in [9.17, 15) is 4.79 Å². The maximum Gasteiger partial charge on any atom is 0.146 e. The number of rotatable bonds is 1. The zero-order valence-electron chi connectivity index (χ0n) is 5.98. The van der Waals surface area contributed by atoms with Crippen molar-refractivity contribution in [3.63, 3.8) is 0 Å². The van der Waals surface area contributed by atoms with E-state index in [0.29, 0.717) is 6.04 Å². The van der Waals surface area contributed by atoms with E-state index in [2.05, 4.69) is 12.2 Å². The molecule has 0 saturated carbocycles. The molecule has 0 aromatic rings. The van der Waals surface area contributed by atoms with Crippen molar-refractivity contribution < 1.29 is 6.22 Å². The number of nitrogens with one attached hydrogen (secondary N) is 1. The first-order chi connectivity index (χ1) is 4.20. The van der Waals surface area contributed by atoms with Gasteiger partial charge in [0.05, 0.1) is 6.04 Å². The first kappa shape index (κ1) is 6.75. The van der Waals surface area contributed by atoms with Crippen LogP contribution in [0.1, 0.15) is 28.1 Å².